The van der Waals surface area contributed by atoms with Gasteiger partial charge in [-0.1, -0.05) is 23.7 Å². The van der Waals surface area contributed by atoms with Gasteiger partial charge in [-0.05, 0) is 30.5 Å². The summed E-state index contributed by atoms with van der Waals surface area (Å²) in [7, 11) is 0. The first kappa shape index (κ1) is 15.7. The molecule has 0 bridgehead atoms. The number of hydrogen-bond donors (Lipinski definition) is 1. The van der Waals surface area contributed by atoms with Crippen LogP contribution in [-0.2, 0) is 14.3 Å². The Morgan fingerprint density at radius 2 is 2.00 bits per heavy atom. The maximum Gasteiger partial charge on any atom is 0.240 e. The number of ether oxygens (including phenoxy) is 2. The molecular formula is C16H21ClN2O3. The summed E-state index contributed by atoms with van der Waals surface area (Å²) in [5, 5.41) is 0.701. The van der Waals surface area contributed by atoms with Crippen LogP contribution in [0.15, 0.2) is 24.3 Å². The van der Waals surface area contributed by atoms with Crippen LogP contribution in [0.1, 0.15) is 30.9 Å². The summed E-state index contributed by atoms with van der Waals surface area (Å²) in [4.78, 5) is 14.5. The topological polar surface area (TPSA) is 64.8 Å². The first-order valence-electron chi connectivity index (χ1n) is 7.70. The summed E-state index contributed by atoms with van der Waals surface area (Å²) in [6, 6.07) is 7.17. The second kappa shape index (κ2) is 6.96. The van der Waals surface area contributed by atoms with Gasteiger partial charge in [-0.15, -0.1) is 0 Å². The Balaban J connectivity index is 1.66. The van der Waals surface area contributed by atoms with Crippen LogP contribution in [0.5, 0.6) is 0 Å². The third-order valence-corrected chi connectivity index (χ3v) is 4.50. The van der Waals surface area contributed by atoms with Crippen molar-refractivity contribution in [3.8, 4) is 0 Å². The molecule has 1 aromatic rings. The molecule has 0 aliphatic carbocycles. The maximum absolute atomic E-state index is 12.6. The van der Waals surface area contributed by atoms with Crippen molar-refractivity contribution in [1.82, 2.24) is 4.90 Å². The SMILES string of the molecule is NC(CC1OCCO1)C(=O)N1CCCC1c1ccc(Cl)cc1. The van der Waals surface area contributed by atoms with Crippen LogP contribution in [0.3, 0.4) is 0 Å². The smallest absolute Gasteiger partial charge is 0.240 e. The van der Waals surface area contributed by atoms with Gasteiger partial charge in [-0.3, -0.25) is 4.79 Å². The standard InChI is InChI=1S/C16H21ClN2O3/c17-12-5-3-11(4-6-12)14-2-1-7-19(14)16(20)13(18)10-15-21-8-9-22-15/h3-6,13-15H,1-2,7-10,18H2. The summed E-state index contributed by atoms with van der Waals surface area (Å²) in [6.45, 7) is 1.89. The van der Waals surface area contributed by atoms with E-state index in [2.05, 4.69) is 0 Å². The quantitative estimate of drug-likeness (QED) is 0.921. The Labute approximate surface area is 135 Å². The minimum Gasteiger partial charge on any atom is -0.350 e. The summed E-state index contributed by atoms with van der Waals surface area (Å²) in [5.74, 6) is -0.0310. The number of nitrogens with zero attached hydrogens (tertiary/aromatic N) is 1. The third kappa shape index (κ3) is 3.43. The summed E-state index contributed by atoms with van der Waals surface area (Å²) in [5.41, 5.74) is 7.18. The lowest BCUT2D eigenvalue weighted by molar-refractivity contribution is -0.136. The maximum atomic E-state index is 12.6. The molecule has 5 nitrogen and oxygen atoms in total. The van der Waals surface area contributed by atoms with Crippen molar-refractivity contribution in [3.63, 3.8) is 0 Å². The van der Waals surface area contributed by atoms with E-state index in [4.69, 9.17) is 26.8 Å². The summed E-state index contributed by atoms with van der Waals surface area (Å²) >= 11 is 5.93. The second-order valence-electron chi connectivity index (χ2n) is 5.75. The van der Waals surface area contributed by atoms with Crippen molar-refractivity contribution in [2.45, 2.75) is 37.6 Å². The fourth-order valence-electron chi connectivity index (χ4n) is 3.13. The Hall–Kier alpha value is -1.14. The molecule has 0 aromatic heterocycles. The molecule has 1 amide bonds. The lowest BCUT2D eigenvalue weighted by Gasteiger charge is -2.28. The van der Waals surface area contributed by atoms with E-state index < -0.39 is 6.04 Å². The number of amides is 1. The Morgan fingerprint density at radius 3 is 2.68 bits per heavy atom. The molecule has 2 atom stereocenters. The number of hydrogen-bond acceptors (Lipinski definition) is 4. The molecule has 120 valence electrons. The molecule has 2 aliphatic heterocycles. The van der Waals surface area contributed by atoms with Gasteiger partial charge in [-0.25, -0.2) is 0 Å². The van der Waals surface area contributed by atoms with E-state index in [0.717, 1.165) is 24.9 Å². The van der Waals surface area contributed by atoms with Crippen molar-refractivity contribution in [2.75, 3.05) is 19.8 Å². The van der Waals surface area contributed by atoms with Gasteiger partial charge in [-0.2, -0.15) is 0 Å². The van der Waals surface area contributed by atoms with Crippen LogP contribution < -0.4 is 5.73 Å². The molecule has 2 fully saturated rings. The van der Waals surface area contributed by atoms with Crippen molar-refractivity contribution >= 4 is 17.5 Å². The molecule has 0 saturated carbocycles. The Bertz CT molecular complexity index is 517. The van der Waals surface area contributed by atoms with Gasteiger partial charge in [0, 0.05) is 18.0 Å². The molecule has 0 spiro atoms. The summed E-state index contributed by atoms with van der Waals surface area (Å²) in [6.07, 6.45) is 2.00. The van der Waals surface area contributed by atoms with E-state index in [9.17, 15) is 4.79 Å². The monoisotopic (exact) mass is 324 g/mol. The molecule has 2 N–H and O–H groups in total. The number of carbonyl (C=O) groups excluding carboxylic acids is 1. The number of nitrogens with two attached hydrogens (primary N) is 1. The molecule has 0 radical (unpaired) electrons. The molecule has 2 heterocycles. The average molecular weight is 325 g/mol. The fourth-order valence-corrected chi connectivity index (χ4v) is 3.25. The zero-order valence-corrected chi connectivity index (χ0v) is 13.2. The highest BCUT2D eigenvalue weighted by Crippen LogP contribution is 2.33. The molecule has 6 heteroatoms. The zero-order valence-electron chi connectivity index (χ0n) is 12.4. The van der Waals surface area contributed by atoms with Crippen LogP contribution in [0.4, 0.5) is 0 Å². The van der Waals surface area contributed by atoms with Crippen LogP contribution in [-0.4, -0.2) is 42.9 Å². The van der Waals surface area contributed by atoms with Gasteiger partial charge >= 0.3 is 0 Å². The van der Waals surface area contributed by atoms with E-state index in [0.29, 0.717) is 24.7 Å². The van der Waals surface area contributed by atoms with E-state index in [1.807, 2.05) is 29.2 Å². The highest BCUT2D eigenvalue weighted by molar-refractivity contribution is 6.30. The van der Waals surface area contributed by atoms with Gasteiger partial charge in [0.1, 0.15) is 0 Å². The predicted molar refractivity (Wildman–Crippen MR) is 83.4 cm³/mol. The van der Waals surface area contributed by atoms with Crippen LogP contribution in [0.2, 0.25) is 5.02 Å². The van der Waals surface area contributed by atoms with Crippen LogP contribution >= 0.6 is 11.6 Å². The van der Waals surface area contributed by atoms with Gasteiger partial charge in [0.25, 0.3) is 0 Å². The minimum absolute atomic E-state index is 0.0310. The first-order valence-corrected chi connectivity index (χ1v) is 8.07. The van der Waals surface area contributed by atoms with Crippen molar-refractivity contribution in [2.24, 2.45) is 5.73 Å². The van der Waals surface area contributed by atoms with E-state index >= 15 is 0 Å². The lowest BCUT2D eigenvalue weighted by Crippen LogP contribution is -2.45. The predicted octanol–water partition coefficient (Wildman–Crippen LogP) is 2.09. The Morgan fingerprint density at radius 1 is 1.32 bits per heavy atom. The first-order chi connectivity index (χ1) is 10.6. The molecule has 22 heavy (non-hydrogen) atoms. The third-order valence-electron chi connectivity index (χ3n) is 4.25. The molecule has 2 unspecified atom stereocenters. The molecule has 2 aliphatic rings. The molecule has 2 saturated heterocycles. The molecular weight excluding hydrogens is 304 g/mol. The number of benzene rings is 1. The highest BCUT2D eigenvalue weighted by Gasteiger charge is 2.34. The molecule has 1 aromatic carbocycles. The number of halogens is 1. The van der Waals surface area contributed by atoms with Gasteiger partial charge in [0.15, 0.2) is 6.29 Å². The van der Waals surface area contributed by atoms with Crippen LogP contribution in [0.25, 0.3) is 0 Å². The average Bonchev–Trinajstić information content (AvgIpc) is 3.18. The van der Waals surface area contributed by atoms with Crippen molar-refractivity contribution < 1.29 is 14.3 Å². The highest BCUT2D eigenvalue weighted by atomic mass is 35.5. The molecule has 3 rings (SSSR count). The van der Waals surface area contributed by atoms with E-state index in [1.165, 1.54) is 0 Å². The largest absolute Gasteiger partial charge is 0.350 e. The van der Waals surface area contributed by atoms with E-state index in [1.54, 1.807) is 0 Å². The van der Waals surface area contributed by atoms with Crippen molar-refractivity contribution in [1.29, 1.82) is 0 Å². The fraction of sp³-hybridized carbons (Fsp3) is 0.562. The normalized spacial score (nSPS) is 23.9. The number of rotatable bonds is 4. The zero-order chi connectivity index (χ0) is 15.5. The van der Waals surface area contributed by atoms with Gasteiger partial charge in [0.05, 0.1) is 25.3 Å². The lowest BCUT2D eigenvalue weighted by atomic mass is 10.0. The van der Waals surface area contributed by atoms with Gasteiger partial charge < -0.3 is 20.1 Å². The number of carbonyl (C=O) groups is 1. The Kier molecular flexibility index (Phi) is 4.98. The minimum atomic E-state index is -0.587. The van der Waals surface area contributed by atoms with Crippen molar-refractivity contribution in [3.05, 3.63) is 34.9 Å². The second-order valence-corrected chi connectivity index (χ2v) is 6.19. The van der Waals surface area contributed by atoms with Crippen LogP contribution in [0, 0.1) is 0 Å². The van der Waals surface area contributed by atoms with Gasteiger partial charge in [0.2, 0.25) is 5.91 Å². The summed E-state index contributed by atoms with van der Waals surface area (Å²) < 4.78 is 10.7. The van der Waals surface area contributed by atoms with E-state index in [-0.39, 0.29) is 18.2 Å². The number of likely N-dealkylation sites (tertiary alicyclic amines) is 1.